The molecule has 0 amide bonds. The summed E-state index contributed by atoms with van der Waals surface area (Å²) >= 11 is 0. The van der Waals surface area contributed by atoms with Crippen LogP contribution in [-0.4, -0.2) is 31.0 Å². The largest absolute Gasteiger partial charge is 0.481 e. The van der Waals surface area contributed by atoms with Crippen LogP contribution in [0.15, 0.2) is 36.4 Å². The van der Waals surface area contributed by atoms with Gasteiger partial charge in [0.2, 0.25) is 0 Å². The van der Waals surface area contributed by atoms with Gasteiger partial charge in [0.25, 0.3) is 0 Å². The summed E-state index contributed by atoms with van der Waals surface area (Å²) in [7, 11) is 4.06. The highest BCUT2D eigenvalue weighted by Gasteiger charge is 2.07. The fraction of sp³-hybridized carbons (Fsp3) is 0.538. The van der Waals surface area contributed by atoms with Crippen molar-refractivity contribution >= 4 is 28.2 Å². The molecule has 30 heavy (non-hydrogen) atoms. The van der Waals surface area contributed by atoms with E-state index in [0.717, 1.165) is 43.1 Å². The molecule has 0 aromatic heterocycles. The van der Waals surface area contributed by atoms with Crippen molar-refractivity contribution in [1.82, 2.24) is 0 Å². The van der Waals surface area contributed by atoms with Crippen LogP contribution in [0.5, 0.6) is 0 Å². The number of aliphatic carboxylic acids is 1. The number of hydrogen-bond acceptors (Lipinski definition) is 3. The highest BCUT2D eigenvalue weighted by molar-refractivity contribution is 6.00. The zero-order valence-electron chi connectivity index (χ0n) is 18.7. The summed E-state index contributed by atoms with van der Waals surface area (Å²) < 4.78 is 0. The number of carboxylic acids is 1. The summed E-state index contributed by atoms with van der Waals surface area (Å²) in [5, 5.41) is 10.9. The fourth-order valence-corrected chi connectivity index (χ4v) is 3.81. The van der Waals surface area contributed by atoms with E-state index in [1.54, 1.807) is 0 Å². The highest BCUT2D eigenvalue weighted by Crippen LogP contribution is 2.23. The molecule has 0 spiro atoms. The van der Waals surface area contributed by atoms with E-state index in [9.17, 15) is 9.59 Å². The molecule has 0 saturated heterocycles. The number of Topliss-reactive ketones (excluding diaryl/α,β-unsaturated/α-hetero) is 1. The first-order valence-electron chi connectivity index (χ1n) is 11.4. The number of carbonyl (C=O) groups is 2. The minimum absolute atomic E-state index is 0.245. The Morgan fingerprint density at radius 1 is 0.700 bits per heavy atom. The van der Waals surface area contributed by atoms with E-state index in [1.807, 2.05) is 26.2 Å². The lowest BCUT2D eigenvalue weighted by molar-refractivity contribution is -0.137. The first-order valence-corrected chi connectivity index (χ1v) is 11.4. The van der Waals surface area contributed by atoms with E-state index in [4.69, 9.17) is 5.11 Å². The zero-order chi connectivity index (χ0) is 21.8. The number of carbonyl (C=O) groups excluding carboxylic acids is 1. The molecule has 0 radical (unpaired) electrons. The first-order chi connectivity index (χ1) is 14.5. The second-order valence-electron chi connectivity index (χ2n) is 8.49. The Morgan fingerprint density at radius 2 is 1.20 bits per heavy atom. The van der Waals surface area contributed by atoms with Gasteiger partial charge in [0, 0.05) is 38.2 Å². The van der Waals surface area contributed by atoms with Crippen molar-refractivity contribution in [1.29, 1.82) is 0 Å². The number of ketones is 1. The van der Waals surface area contributed by atoms with Crippen LogP contribution in [0.2, 0.25) is 0 Å². The van der Waals surface area contributed by atoms with Crippen molar-refractivity contribution in [2.75, 3.05) is 19.0 Å². The third-order valence-electron chi connectivity index (χ3n) is 5.71. The van der Waals surface area contributed by atoms with Crippen LogP contribution >= 0.6 is 0 Å². The Bertz CT molecular complexity index is 813. The first kappa shape index (κ1) is 23.9. The Hall–Kier alpha value is -2.36. The average Bonchev–Trinajstić information content (AvgIpc) is 2.73. The summed E-state index contributed by atoms with van der Waals surface area (Å²) in [6, 6.07) is 12.4. The van der Waals surface area contributed by atoms with Crippen LogP contribution in [0.1, 0.15) is 87.4 Å². The minimum Gasteiger partial charge on any atom is -0.481 e. The molecule has 0 aliphatic carbocycles. The van der Waals surface area contributed by atoms with Gasteiger partial charge in [0.15, 0.2) is 5.78 Å². The van der Waals surface area contributed by atoms with Gasteiger partial charge >= 0.3 is 5.97 Å². The number of rotatable bonds is 15. The van der Waals surface area contributed by atoms with Crippen molar-refractivity contribution in [3.05, 3.63) is 42.0 Å². The van der Waals surface area contributed by atoms with E-state index in [1.165, 1.54) is 43.2 Å². The van der Waals surface area contributed by atoms with Crippen LogP contribution in [0.25, 0.3) is 10.8 Å². The molecule has 0 aliphatic heterocycles. The zero-order valence-corrected chi connectivity index (χ0v) is 18.7. The quantitative estimate of drug-likeness (QED) is 0.257. The van der Waals surface area contributed by atoms with Crippen LogP contribution in [0, 0.1) is 0 Å². The number of fused-ring (bicyclic) bond motifs is 1. The lowest BCUT2D eigenvalue weighted by atomic mass is 10.00. The molecule has 4 nitrogen and oxygen atoms in total. The monoisotopic (exact) mass is 411 g/mol. The number of anilines is 1. The molecule has 0 unspecified atom stereocenters. The van der Waals surface area contributed by atoms with Crippen LogP contribution in [0.3, 0.4) is 0 Å². The average molecular weight is 412 g/mol. The molecule has 2 aromatic carbocycles. The lowest BCUT2D eigenvalue weighted by Crippen LogP contribution is -2.08. The van der Waals surface area contributed by atoms with E-state index in [0.29, 0.717) is 12.8 Å². The van der Waals surface area contributed by atoms with Gasteiger partial charge in [-0.05, 0) is 41.8 Å². The molecule has 4 heteroatoms. The maximum Gasteiger partial charge on any atom is 0.303 e. The van der Waals surface area contributed by atoms with E-state index in [2.05, 4.69) is 29.2 Å². The molecular weight excluding hydrogens is 374 g/mol. The molecule has 164 valence electrons. The van der Waals surface area contributed by atoms with Crippen molar-refractivity contribution in [3.8, 4) is 0 Å². The highest BCUT2D eigenvalue weighted by atomic mass is 16.4. The molecule has 2 rings (SSSR count). The van der Waals surface area contributed by atoms with Crippen molar-refractivity contribution < 1.29 is 14.7 Å². The number of hydrogen-bond donors (Lipinski definition) is 1. The maximum absolute atomic E-state index is 12.5. The molecule has 0 bridgehead atoms. The number of carboxylic acid groups (broad SMARTS) is 1. The summed E-state index contributed by atoms with van der Waals surface area (Å²) in [6.07, 6.45) is 12.1. The van der Waals surface area contributed by atoms with Gasteiger partial charge in [-0.25, -0.2) is 0 Å². The predicted molar refractivity (Wildman–Crippen MR) is 126 cm³/mol. The summed E-state index contributed by atoms with van der Waals surface area (Å²) in [4.78, 5) is 25.0. The van der Waals surface area contributed by atoms with Gasteiger partial charge in [-0.1, -0.05) is 69.6 Å². The number of benzene rings is 2. The topological polar surface area (TPSA) is 57.6 Å². The van der Waals surface area contributed by atoms with Gasteiger partial charge in [0.05, 0.1) is 0 Å². The van der Waals surface area contributed by atoms with Gasteiger partial charge in [-0.2, -0.15) is 0 Å². The maximum atomic E-state index is 12.5. The van der Waals surface area contributed by atoms with Crippen molar-refractivity contribution in [3.63, 3.8) is 0 Å². The Labute approximate surface area is 181 Å². The van der Waals surface area contributed by atoms with E-state index >= 15 is 0 Å². The van der Waals surface area contributed by atoms with Gasteiger partial charge < -0.3 is 10.0 Å². The second-order valence-corrected chi connectivity index (χ2v) is 8.49. The summed E-state index contributed by atoms with van der Waals surface area (Å²) in [5.74, 6) is -0.442. The number of unbranched alkanes of at least 4 members (excludes halogenated alkanes) is 9. The molecular formula is C26H37NO3. The summed E-state index contributed by atoms with van der Waals surface area (Å²) in [6.45, 7) is 0. The van der Waals surface area contributed by atoms with Crippen LogP contribution in [-0.2, 0) is 4.79 Å². The summed E-state index contributed by atoms with van der Waals surface area (Å²) in [5.41, 5.74) is 1.99. The Balaban J connectivity index is 1.58. The Morgan fingerprint density at radius 3 is 1.77 bits per heavy atom. The third kappa shape index (κ3) is 8.56. The standard InChI is InChI=1S/C26H37NO3/c1-27(2)24-18-17-21-19-23(16-15-22(21)20-24)25(28)13-11-9-7-5-3-4-6-8-10-12-14-26(29)30/h15-20H,3-14H2,1-2H3,(H,29,30). The van der Waals surface area contributed by atoms with Gasteiger partial charge in [-0.3, -0.25) is 9.59 Å². The third-order valence-corrected chi connectivity index (χ3v) is 5.71. The SMILES string of the molecule is CN(C)c1ccc2cc(C(=O)CCCCCCCCCCCCC(=O)O)ccc2c1. The molecule has 0 saturated carbocycles. The van der Waals surface area contributed by atoms with Gasteiger partial charge in [-0.15, -0.1) is 0 Å². The van der Waals surface area contributed by atoms with Crippen molar-refractivity contribution in [2.45, 2.75) is 77.0 Å². The lowest BCUT2D eigenvalue weighted by Gasteiger charge is -2.13. The molecule has 0 fully saturated rings. The molecule has 2 aromatic rings. The van der Waals surface area contributed by atoms with Crippen molar-refractivity contribution in [2.24, 2.45) is 0 Å². The molecule has 0 aliphatic rings. The predicted octanol–water partition coefficient (Wildman–Crippen LogP) is 6.85. The minimum atomic E-state index is -0.687. The van der Waals surface area contributed by atoms with E-state index in [-0.39, 0.29) is 5.78 Å². The van der Waals surface area contributed by atoms with E-state index < -0.39 is 5.97 Å². The normalized spacial score (nSPS) is 11.0. The second kappa shape index (κ2) is 13.0. The number of nitrogens with zero attached hydrogens (tertiary/aromatic N) is 1. The molecule has 1 N–H and O–H groups in total. The fourth-order valence-electron chi connectivity index (χ4n) is 3.81. The van der Waals surface area contributed by atoms with Crippen LogP contribution in [0.4, 0.5) is 5.69 Å². The van der Waals surface area contributed by atoms with Crippen LogP contribution < -0.4 is 4.90 Å². The van der Waals surface area contributed by atoms with Gasteiger partial charge in [0.1, 0.15) is 0 Å². The Kier molecular flexibility index (Phi) is 10.4. The molecule has 0 heterocycles. The molecule has 0 atom stereocenters. The smallest absolute Gasteiger partial charge is 0.303 e.